The number of hydrogen-bond acceptors (Lipinski definition) is 5. The molecule has 1 fully saturated rings. The van der Waals surface area contributed by atoms with Crippen LogP contribution in [0.2, 0.25) is 0 Å². The molecule has 0 radical (unpaired) electrons. The van der Waals surface area contributed by atoms with Crippen molar-refractivity contribution in [3.8, 4) is 11.5 Å². The zero-order valence-corrected chi connectivity index (χ0v) is 27.5. The molecule has 1 saturated heterocycles. The van der Waals surface area contributed by atoms with Gasteiger partial charge in [0.15, 0.2) is 0 Å². The smallest absolute Gasteiger partial charge is 0.254 e. The Morgan fingerprint density at radius 2 is 1.51 bits per heavy atom. The number of benzene rings is 4. The van der Waals surface area contributed by atoms with E-state index in [2.05, 4.69) is 52.4 Å². The summed E-state index contributed by atoms with van der Waals surface area (Å²) in [6.07, 6.45) is 2.45. The first-order valence-corrected chi connectivity index (χ1v) is 17.1. The van der Waals surface area contributed by atoms with Crippen LogP contribution in [0, 0.1) is 0 Å². The Labute approximate surface area is 278 Å². The molecule has 3 aliphatic heterocycles. The first kappa shape index (κ1) is 31.0. The molecule has 47 heavy (non-hydrogen) atoms. The minimum atomic E-state index is -0.801. The summed E-state index contributed by atoms with van der Waals surface area (Å²) in [7, 11) is 0. The number of carbonyl (C=O) groups excluding carboxylic acids is 2. The van der Waals surface area contributed by atoms with Gasteiger partial charge in [-0.1, -0.05) is 72.8 Å². The number of rotatable bonds is 9. The maximum Gasteiger partial charge on any atom is 0.254 e. The van der Waals surface area contributed by atoms with E-state index in [-0.39, 0.29) is 17.9 Å². The predicted octanol–water partition coefficient (Wildman–Crippen LogP) is 6.58. The molecule has 4 aromatic rings. The lowest BCUT2D eigenvalue weighted by atomic mass is 9.68. The van der Waals surface area contributed by atoms with Gasteiger partial charge in [0.2, 0.25) is 5.91 Å². The van der Waals surface area contributed by atoms with E-state index in [0.717, 1.165) is 91.6 Å². The van der Waals surface area contributed by atoms with Crippen LogP contribution in [0.1, 0.15) is 65.3 Å². The molecule has 7 nitrogen and oxygen atoms in total. The molecule has 7 rings (SSSR count). The molecular weight excluding hydrogens is 584 g/mol. The summed E-state index contributed by atoms with van der Waals surface area (Å²) in [5.74, 6) is 1.67. The number of piperazine rings is 1. The van der Waals surface area contributed by atoms with Crippen LogP contribution in [-0.2, 0) is 16.6 Å². The Hall–Kier alpha value is -4.62. The fourth-order valence-electron chi connectivity index (χ4n) is 7.77. The standard InChI is InChI=1S/C40H44N4O3/c1-3-41-39(46)40(34-14-7-9-16-36(34)47-37-17-10-8-15-35(37)40)21-11-22-42-24-26-43(27-25-42)32-19-18-31-20-23-44(38(45)33(31)28-32)29(2)30-12-5-4-6-13-30/h4-10,12-19,28-29H,3,11,20-27H2,1-2H3,(H,41,46). The van der Waals surface area contributed by atoms with Crippen molar-refractivity contribution in [3.05, 3.63) is 125 Å². The Balaban J connectivity index is 1.02. The average Bonchev–Trinajstić information content (AvgIpc) is 3.12. The molecular formula is C40H44N4O3. The second-order valence-electron chi connectivity index (χ2n) is 13.0. The van der Waals surface area contributed by atoms with E-state index >= 15 is 0 Å². The lowest BCUT2D eigenvalue weighted by Crippen LogP contribution is -2.49. The van der Waals surface area contributed by atoms with Crippen LogP contribution in [0.25, 0.3) is 0 Å². The highest BCUT2D eigenvalue weighted by Crippen LogP contribution is 2.50. The van der Waals surface area contributed by atoms with Crippen LogP contribution < -0.4 is 15.0 Å². The minimum Gasteiger partial charge on any atom is -0.457 e. The molecule has 242 valence electrons. The highest BCUT2D eigenvalue weighted by Gasteiger charge is 2.47. The monoisotopic (exact) mass is 628 g/mol. The fraction of sp³-hybridized carbons (Fsp3) is 0.350. The second-order valence-corrected chi connectivity index (χ2v) is 13.0. The summed E-state index contributed by atoms with van der Waals surface area (Å²) in [6.45, 7) is 10.0. The quantitative estimate of drug-likeness (QED) is 0.227. The van der Waals surface area contributed by atoms with Crippen LogP contribution in [-0.4, -0.2) is 67.4 Å². The van der Waals surface area contributed by atoms with E-state index < -0.39 is 5.41 Å². The van der Waals surface area contributed by atoms with Crippen molar-refractivity contribution in [2.24, 2.45) is 0 Å². The summed E-state index contributed by atoms with van der Waals surface area (Å²) in [5, 5.41) is 3.15. The number of hydrogen-bond donors (Lipinski definition) is 1. The molecule has 0 aromatic heterocycles. The normalized spacial score (nSPS) is 17.6. The van der Waals surface area contributed by atoms with Gasteiger partial charge in [-0.2, -0.15) is 0 Å². The Morgan fingerprint density at radius 3 is 2.19 bits per heavy atom. The number of fused-ring (bicyclic) bond motifs is 3. The van der Waals surface area contributed by atoms with Crippen molar-refractivity contribution in [1.29, 1.82) is 0 Å². The van der Waals surface area contributed by atoms with E-state index in [1.54, 1.807) is 0 Å². The maximum atomic E-state index is 14.0. The number of anilines is 1. The number of ether oxygens (including phenoxy) is 1. The fourth-order valence-corrected chi connectivity index (χ4v) is 7.77. The molecule has 1 N–H and O–H groups in total. The molecule has 3 aliphatic rings. The summed E-state index contributed by atoms with van der Waals surface area (Å²) in [5.41, 5.74) is 5.35. The van der Waals surface area contributed by atoms with Gasteiger partial charge in [0, 0.05) is 61.6 Å². The summed E-state index contributed by atoms with van der Waals surface area (Å²) < 4.78 is 6.27. The van der Waals surface area contributed by atoms with Crippen LogP contribution >= 0.6 is 0 Å². The lowest BCUT2D eigenvalue weighted by molar-refractivity contribution is -0.125. The molecule has 0 bridgehead atoms. The largest absolute Gasteiger partial charge is 0.457 e. The molecule has 3 heterocycles. The first-order valence-electron chi connectivity index (χ1n) is 17.1. The van der Waals surface area contributed by atoms with Crippen molar-refractivity contribution in [2.45, 2.75) is 44.6 Å². The van der Waals surface area contributed by atoms with Gasteiger partial charge in [0.05, 0.1) is 6.04 Å². The zero-order valence-electron chi connectivity index (χ0n) is 27.5. The SMILES string of the molecule is CCNC(=O)C1(CCCN2CCN(c3ccc4c(c3)C(=O)N(C(C)c3ccccc3)CC4)CC2)c2ccccc2Oc2ccccc21. The van der Waals surface area contributed by atoms with Crippen LogP contribution in [0.15, 0.2) is 97.1 Å². The van der Waals surface area contributed by atoms with Gasteiger partial charge in [0.25, 0.3) is 5.91 Å². The van der Waals surface area contributed by atoms with Crippen molar-refractivity contribution in [1.82, 2.24) is 15.1 Å². The van der Waals surface area contributed by atoms with E-state index in [4.69, 9.17) is 4.74 Å². The molecule has 0 aliphatic carbocycles. The zero-order chi connectivity index (χ0) is 32.4. The second kappa shape index (κ2) is 13.2. The van der Waals surface area contributed by atoms with Crippen molar-refractivity contribution < 1.29 is 14.3 Å². The number of amides is 2. The summed E-state index contributed by atoms with van der Waals surface area (Å²) >= 11 is 0. The van der Waals surface area contributed by atoms with Crippen molar-refractivity contribution >= 4 is 17.5 Å². The Kier molecular flexibility index (Phi) is 8.74. The van der Waals surface area contributed by atoms with Crippen LogP contribution in [0.3, 0.4) is 0 Å². The number of nitrogens with one attached hydrogen (secondary N) is 1. The number of carbonyl (C=O) groups is 2. The molecule has 1 atom stereocenters. The van der Waals surface area contributed by atoms with Gasteiger partial charge in [0.1, 0.15) is 16.9 Å². The van der Waals surface area contributed by atoms with E-state index in [9.17, 15) is 9.59 Å². The molecule has 7 heteroatoms. The van der Waals surface area contributed by atoms with Gasteiger partial charge < -0.3 is 19.9 Å². The van der Waals surface area contributed by atoms with Crippen LogP contribution in [0.5, 0.6) is 11.5 Å². The minimum absolute atomic E-state index is 0.0340. The number of likely N-dealkylation sites (N-methyl/N-ethyl adjacent to an activating group) is 1. The number of nitrogens with zero attached hydrogens (tertiary/aromatic N) is 3. The third-order valence-corrected chi connectivity index (χ3v) is 10.4. The molecule has 0 saturated carbocycles. The highest BCUT2D eigenvalue weighted by molar-refractivity contribution is 5.98. The van der Waals surface area contributed by atoms with E-state index in [1.165, 1.54) is 5.56 Å². The molecule has 4 aromatic carbocycles. The highest BCUT2D eigenvalue weighted by atomic mass is 16.5. The Bertz CT molecular complexity index is 1700. The molecule has 2 amide bonds. The third kappa shape index (κ3) is 5.78. The summed E-state index contributed by atoms with van der Waals surface area (Å²) in [6, 6.07) is 32.8. The topological polar surface area (TPSA) is 65.1 Å². The Morgan fingerprint density at radius 1 is 0.851 bits per heavy atom. The lowest BCUT2D eigenvalue weighted by Gasteiger charge is -2.40. The van der Waals surface area contributed by atoms with E-state index in [1.807, 2.05) is 78.6 Å². The van der Waals surface area contributed by atoms with Gasteiger partial charge in [-0.25, -0.2) is 0 Å². The van der Waals surface area contributed by atoms with Gasteiger partial charge >= 0.3 is 0 Å². The van der Waals surface area contributed by atoms with E-state index in [0.29, 0.717) is 13.0 Å². The summed E-state index contributed by atoms with van der Waals surface area (Å²) in [4.78, 5) is 34.6. The molecule has 1 unspecified atom stereocenters. The van der Waals surface area contributed by atoms with Gasteiger partial charge in [-0.15, -0.1) is 0 Å². The van der Waals surface area contributed by atoms with Gasteiger partial charge in [-0.3, -0.25) is 14.5 Å². The van der Waals surface area contributed by atoms with Crippen molar-refractivity contribution in [2.75, 3.05) is 50.7 Å². The first-order chi connectivity index (χ1) is 23.0. The third-order valence-electron chi connectivity index (χ3n) is 10.4. The van der Waals surface area contributed by atoms with Crippen LogP contribution in [0.4, 0.5) is 5.69 Å². The van der Waals surface area contributed by atoms with Gasteiger partial charge in [-0.05, 0) is 75.0 Å². The van der Waals surface area contributed by atoms with Crippen molar-refractivity contribution in [3.63, 3.8) is 0 Å². The predicted molar refractivity (Wildman–Crippen MR) is 186 cm³/mol. The maximum absolute atomic E-state index is 14.0. The molecule has 0 spiro atoms. The number of para-hydroxylation sites is 2. The average molecular weight is 629 g/mol.